The summed E-state index contributed by atoms with van der Waals surface area (Å²) >= 11 is 0. The Morgan fingerprint density at radius 1 is 1.67 bits per heavy atom. The summed E-state index contributed by atoms with van der Waals surface area (Å²) in [5.74, 6) is -1.05. The molecule has 2 N–H and O–H groups in total. The maximum Gasteiger partial charge on any atom is 0.358 e. The van der Waals surface area contributed by atoms with E-state index in [-0.39, 0.29) is 5.69 Å². The highest BCUT2D eigenvalue weighted by atomic mass is 16.5. The molecule has 2 unspecified atom stereocenters. The van der Waals surface area contributed by atoms with E-state index in [0.717, 1.165) is 25.8 Å². The van der Waals surface area contributed by atoms with Crippen LogP contribution in [-0.2, 0) is 11.3 Å². The van der Waals surface area contributed by atoms with Gasteiger partial charge in [0.05, 0.1) is 18.8 Å². The average molecular weight is 254 g/mol. The minimum Gasteiger partial charge on any atom is -0.476 e. The Morgan fingerprint density at radius 3 is 3.11 bits per heavy atom. The molecule has 1 fully saturated rings. The first kappa shape index (κ1) is 13.0. The van der Waals surface area contributed by atoms with Gasteiger partial charge in [-0.2, -0.15) is 0 Å². The van der Waals surface area contributed by atoms with E-state index < -0.39 is 5.97 Å². The number of hydrogen-bond donors (Lipinski definition) is 2. The van der Waals surface area contributed by atoms with Crippen LogP contribution >= 0.6 is 0 Å². The summed E-state index contributed by atoms with van der Waals surface area (Å²) in [4.78, 5) is 10.6. The van der Waals surface area contributed by atoms with Crippen LogP contribution in [0.25, 0.3) is 0 Å². The quantitative estimate of drug-likeness (QED) is 0.750. The van der Waals surface area contributed by atoms with Gasteiger partial charge in [-0.1, -0.05) is 5.21 Å². The first-order valence-corrected chi connectivity index (χ1v) is 6.08. The number of hydrogen-bond acceptors (Lipinski definition) is 5. The average Bonchev–Trinajstić information content (AvgIpc) is 2.97. The van der Waals surface area contributed by atoms with Crippen LogP contribution in [0.15, 0.2) is 6.20 Å². The molecule has 1 aromatic rings. The van der Waals surface area contributed by atoms with Gasteiger partial charge in [-0.05, 0) is 19.3 Å². The molecule has 1 heterocycles. The second kappa shape index (κ2) is 5.92. The van der Waals surface area contributed by atoms with Crippen molar-refractivity contribution in [1.82, 2.24) is 20.3 Å². The van der Waals surface area contributed by atoms with Crippen molar-refractivity contribution in [3.63, 3.8) is 0 Å². The zero-order valence-corrected chi connectivity index (χ0v) is 10.4. The van der Waals surface area contributed by atoms with E-state index in [2.05, 4.69) is 15.6 Å². The molecule has 1 aromatic heterocycles. The van der Waals surface area contributed by atoms with E-state index in [0.29, 0.717) is 18.7 Å². The standard InChI is InChI=1S/C11H18N4O3/c1-18-9-3-2-8(6-9)12-4-5-15-7-10(11(16)17)13-14-15/h7-9,12H,2-6H2,1H3,(H,16,17). The van der Waals surface area contributed by atoms with Crippen LogP contribution in [0.1, 0.15) is 29.8 Å². The van der Waals surface area contributed by atoms with Crippen LogP contribution in [0.4, 0.5) is 0 Å². The molecule has 18 heavy (non-hydrogen) atoms. The summed E-state index contributed by atoms with van der Waals surface area (Å²) in [6, 6.07) is 0.484. The molecule has 0 aliphatic heterocycles. The molecule has 7 heteroatoms. The number of rotatable bonds is 6. The molecule has 0 radical (unpaired) electrons. The Kier molecular flexibility index (Phi) is 4.27. The van der Waals surface area contributed by atoms with Crippen molar-refractivity contribution in [3.05, 3.63) is 11.9 Å². The first-order valence-electron chi connectivity index (χ1n) is 6.08. The van der Waals surface area contributed by atoms with Crippen molar-refractivity contribution in [2.75, 3.05) is 13.7 Å². The second-order valence-corrected chi connectivity index (χ2v) is 4.49. The third kappa shape index (κ3) is 3.27. The number of nitrogens with zero attached hydrogens (tertiary/aromatic N) is 3. The third-order valence-electron chi connectivity index (χ3n) is 3.25. The van der Waals surface area contributed by atoms with E-state index in [1.165, 1.54) is 6.20 Å². The van der Waals surface area contributed by atoms with Gasteiger partial charge >= 0.3 is 5.97 Å². The Labute approximate surface area is 105 Å². The zero-order chi connectivity index (χ0) is 13.0. The van der Waals surface area contributed by atoms with Gasteiger partial charge in [0.1, 0.15) is 0 Å². The van der Waals surface area contributed by atoms with Gasteiger partial charge in [0.25, 0.3) is 0 Å². The summed E-state index contributed by atoms with van der Waals surface area (Å²) in [7, 11) is 1.75. The Bertz CT molecular complexity index is 407. The van der Waals surface area contributed by atoms with Gasteiger partial charge < -0.3 is 15.2 Å². The normalized spacial score (nSPS) is 23.4. The minimum atomic E-state index is -1.05. The summed E-state index contributed by atoms with van der Waals surface area (Å²) in [6.45, 7) is 1.37. The minimum absolute atomic E-state index is 0.0182. The van der Waals surface area contributed by atoms with Gasteiger partial charge in [-0.25, -0.2) is 4.79 Å². The molecule has 0 aromatic carbocycles. The lowest BCUT2D eigenvalue weighted by Crippen LogP contribution is -2.30. The molecular formula is C11H18N4O3. The van der Waals surface area contributed by atoms with Crippen LogP contribution in [-0.4, -0.2) is 51.9 Å². The van der Waals surface area contributed by atoms with Crippen molar-refractivity contribution < 1.29 is 14.6 Å². The zero-order valence-electron chi connectivity index (χ0n) is 10.4. The fourth-order valence-corrected chi connectivity index (χ4v) is 2.23. The Morgan fingerprint density at radius 2 is 2.50 bits per heavy atom. The number of ether oxygens (including phenoxy) is 1. The van der Waals surface area contributed by atoms with Crippen LogP contribution in [0.5, 0.6) is 0 Å². The Balaban J connectivity index is 1.70. The molecule has 2 atom stereocenters. The van der Waals surface area contributed by atoms with E-state index in [9.17, 15) is 4.79 Å². The van der Waals surface area contributed by atoms with Crippen LogP contribution in [0.3, 0.4) is 0 Å². The highest BCUT2D eigenvalue weighted by molar-refractivity contribution is 5.84. The van der Waals surface area contributed by atoms with E-state index in [1.54, 1.807) is 11.8 Å². The molecule has 100 valence electrons. The summed E-state index contributed by atoms with van der Waals surface area (Å²) in [5.41, 5.74) is -0.0182. The SMILES string of the molecule is COC1CCC(NCCn2cc(C(=O)O)nn2)C1. The smallest absolute Gasteiger partial charge is 0.358 e. The number of aromatic carboxylic acids is 1. The van der Waals surface area contributed by atoms with Crippen molar-refractivity contribution in [1.29, 1.82) is 0 Å². The summed E-state index contributed by atoms with van der Waals surface area (Å²) in [6.07, 6.45) is 5.06. The monoisotopic (exact) mass is 254 g/mol. The van der Waals surface area contributed by atoms with Crippen molar-refractivity contribution in [2.45, 2.75) is 38.0 Å². The predicted octanol–water partition coefficient (Wildman–Crippen LogP) is 0.133. The van der Waals surface area contributed by atoms with Gasteiger partial charge in [0.2, 0.25) is 0 Å². The maximum atomic E-state index is 10.6. The number of methoxy groups -OCH3 is 1. The van der Waals surface area contributed by atoms with E-state index in [1.807, 2.05) is 0 Å². The first-order chi connectivity index (χ1) is 8.69. The maximum absolute atomic E-state index is 10.6. The molecular weight excluding hydrogens is 236 g/mol. The number of nitrogens with one attached hydrogen (secondary N) is 1. The third-order valence-corrected chi connectivity index (χ3v) is 3.25. The lowest BCUT2D eigenvalue weighted by molar-refractivity contribution is 0.0690. The number of carboxylic acids is 1. The molecule has 7 nitrogen and oxygen atoms in total. The van der Waals surface area contributed by atoms with Gasteiger partial charge in [0.15, 0.2) is 5.69 Å². The number of aromatic nitrogens is 3. The van der Waals surface area contributed by atoms with Gasteiger partial charge in [0, 0.05) is 19.7 Å². The van der Waals surface area contributed by atoms with Crippen molar-refractivity contribution in [2.24, 2.45) is 0 Å². The molecule has 1 aliphatic rings. The van der Waals surface area contributed by atoms with Gasteiger partial charge in [-0.3, -0.25) is 4.68 Å². The molecule has 0 bridgehead atoms. The van der Waals surface area contributed by atoms with E-state index >= 15 is 0 Å². The second-order valence-electron chi connectivity index (χ2n) is 4.49. The predicted molar refractivity (Wildman–Crippen MR) is 63.4 cm³/mol. The number of carboxylic acid groups (broad SMARTS) is 1. The summed E-state index contributed by atoms with van der Waals surface area (Å²) < 4.78 is 6.84. The fourth-order valence-electron chi connectivity index (χ4n) is 2.23. The Hall–Kier alpha value is -1.47. The van der Waals surface area contributed by atoms with Gasteiger partial charge in [-0.15, -0.1) is 5.10 Å². The highest BCUT2D eigenvalue weighted by Crippen LogP contribution is 2.20. The van der Waals surface area contributed by atoms with Crippen molar-refractivity contribution in [3.8, 4) is 0 Å². The largest absolute Gasteiger partial charge is 0.476 e. The molecule has 1 saturated carbocycles. The molecule has 0 saturated heterocycles. The lowest BCUT2D eigenvalue weighted by atomic mass is 10.2. The van der Waals surface area contributed by atoms with Crippen LogP contribution in [0.2, 0.25) is 0 Å². The molecule has 0 amide bonds. The van der Waals surface area contributed by atoms with E-state index in [4.69, 9.17) is 9.84 Å². The molecule has 1 aliphatic carbocycles. The topological polar surface area (TPSA) is 89.3 Å². The number of carbonyl (C=O) groups is 1. The molecule has 2 rings (SSSR count). The van der Waals surface area contributed by atoms with Crippen molar-refractivity contribution >= 4 is 5.97 Å². The fraction of sp³-hybridized carbons (Fsp3) is 0.727. The van der Waals surface area contributed by atoms with Crippen LogP contribution in [0, 0.1) is 0 Å². The lowest BCUT2D eigenvalue weighted by Gasteiger charge is -2.12. The molecule has 0 spiro atoms. The van der Waals surface area contributed by atoms with Crippen LogP contribution < -0.4 is 5.32 Å². The highest BCUT2D eigenvalue weighted by Gasteiger charge is 2.23. The summed E-state index contributed by atoms with van der Waals surface area (Å²) in [5, 5.41) is 19.4.